The number of thiophene rings is 1. The van der Waals surface area contributed by atoms with E-state index in [9.17, 15) is 9.59 Å². The average molecular weight is 378 g/mol. The first-order valence-electron chi connectivity index (χ1n) is 9.19. The van der Waals surface area contributed by atoms with E-state index >= 15 is 0 Å². The first-order chi connectivity index (χ1) is 12.1. The highest BCUT2D eigenvalue weighted by Gasteiger charge is 2.32. The molecule has 1 aliphatic carbocycles. The molecule has 0 saturated heterocycles. The molecule has 0 saturated carbocycles. The van der Waals surface area contributed by atoms with Crippen LogP contribution < -0.4 is 5.56 Å². The fourth-order valence-electron chi connectivity index (χ4n) is 3.53. The number of esters is 1. The zero-order chi connectivity index (χ0) is 19.2. The normalized spacial score (nSPS) is 18.8. The second-order valence-corrected chi connectivity index (χ2v) is 9.57. The number of aryl methyl sites for hydroxylation is 1. The first-order valence-corrected chi connectivity index (χ1v) is 10.0. The molecule has 7 heteroatoms. The summed E-state index contributed by atoms with van der Waals surface area (Å²) in [7, 11) is 0. The summed E-state index contributed by atoms with van der Waals surface area (Å²) < 4.78 is 6.38. The quantitative estimate of drug-likeness (QED) is 0.765. The maximum atomic E-state index is 13.0. The van der Waals surface area contributed by atoms with E-state index < -0.39 is 12.0 Å². The highest BCUT2D eigenvalue weighted by Crippen LogP contribution is 2.41. The van der Waals surface area contributed by atoms with Crippen LogP contribution in [-0.2, 0) is 22.4 Å². The maximum Gasteiger partial charge on any atom is 0.331 e. The number of ether oxygens (including phenoxy) is 1. The van der Waals surface area contributed by atoms with Crippen molar-refractivity contribution in [1.82, 2.24) is 15.0 Å². The summed E-state index contributed by atoms with van der Waals surface area (Å²) in [6.45, 7) is 12.0. The van der Waals surface area contributed by atoms with Crippen LogP contribution in [0.2, 0.25) is 0 Å². The third-order valence-corrected chi connectivity index (χ3v) is 6.32. The monoisotopic (exact) mass is 377 g/mol. The lowest BCUT2D eigenvalue weighted by molar-refractivity contribution is -0.151. The SMILES string of the molecule is CC(C)OC(=O)[C@@H](C)n1nnc2sc3c(c2c1=O)CC[C@H](C(C)(C)C)C3. The van der Waals surface area contributed by atoms with Crippen LogP contribution in [0.25, 0.3) is 10.2 Å². The molecule has 6 nitrogen and oxygen atoms in total. The molecule has 2 atom stereocenters. The van der Waals surface area contributed by atoms with Crippen LogP contribution in [0.4, 0.5) is 0 Å². The van der Waals surface area contributed by atoms with Gasteiger partial charge in [0, 0.05) is 4.88 Å². The van der Waals surface area contributed by atoms with Crippen LogP contribution >= 0.6 is 11.3 Å². The molecular weight excluding hydrogens is 350 g/mol. The molecule has 0 aliphatic heterocycles. The second kappa shape index (κ2) is 6.76. The van der Waals surface area contributed by atoms with Crippen LogP contribution in [0.15, 0.2) is 4.79 Å². The summed E-state index contributed by atoms with van der Waals surface area (Å²) >= 11 is 1.57. The molecule has 0 fully saturated rings. The minimum absolute atomic E-state index is 0.236. The van der Waals surface area contributed by atoms with E-state index in [0.717, 1.165) is 29.5 Å². The largest absolute Gasteiger partial charge is 0.461 e. The Morgan fingerprint density at radius 1 is 1.31 bits per heavy atom. The van der Waals surface area contributed by atoms with Crippen LogP contribution in [0.5, 0.6) is 0 Å². The Hall–Kier alpha value is -1.76. The van der Waals surface area contributed by atoms with Gasteiger partial charge in [-0.1, -0.05) is 26.0 Å². The number of nitrogens with zero attached hydrogens (tertiary/aromatic N) is 3. The maximum absolute atomic E-state index is 13.0. The summed E-state index contributed by atoms with van der Waals surface area (Å²) in [4.78, 5) is 27.1. The predicted octanol–water partition coefficient (Wildman–Crippen LogP) is 3.52. The van der Waals surface area contributed by atoms with Crippen molar-refractivity contribution >= 4 is 27.5 Å². The van der Waals surface area contributed by atoms with Gasteiger partial charge in [0.05, 0.1) is 11.5 Å². The Labute approximate surface area is 157 Å². The van der Waals surface area contributed by atoms with Crippen molar-refractivity contribution in [3.8, 4) is 0 Å². The van der Waals surface area contributed by atoms with Gasteiger partial charge in [0.2, 0.25) is 0 Å². The van der Waals surface area contributed by atoms with E-state index in [0.29, 0.717) is 16.1 Å². The number of hydrogen-bond donors (Lipinski definition) is 0. The molecule has 0 bridgehead atoms. The minimum atomic E-state index is -0.789. The third-order valence-electron chi connectivity index (χ3n) is 5.19. The van der Waals surface area contributed by atoms with E-state index in [1.54, 1.807) is 32.1 Å². The van der Waals surface area contributed by atoms with Crippen molar-refractivity contribution in [2.45, 2.75) is 73.0 Å². The van der Waals surface area contributed by atoms with Crippen LogP contribution in [0, 0.1) is 11.3 Å². The van der Waals surface area contributed by atoms with Gasteiger partial charge in [-0.15, -0.1) is 16.4 Å². The van der Waals surface area contributed by atoms with Gasteiger partial charge in [0.15, 0.2) is 10.9 Å². The summed E-state index contributed by atoms with van der Waals surface area (Å²) in [6.07, 6.45) is 2.68. The lowest BCUT2D eigenvalue weighted by Crippen LogP contribution is -2.33. The van der Waals surface area contributed by atoms with Crippen LogP contribution in [-0.4, -0.2) is 27.1 Å². The highest BCUT2D eigenvalue weighted by atomic mass is 32.1. The zero-order valence-electron chi connectivity index (χ0n) is 16.3. The molecule has 1 aliphatic rings. The fourth-order valence-corrected chi connectivity index (χ4v) is 4.76. The van der Waals surface area contributed by atoms with Gasteiger partial charge >= 0.3 is 5.97 Å². The van der Waals surface area contributed by atoms with Crippen molar-refractivity contribution in [1.29, 1.82) is 0 Å². The fraction of sp³-hybridized carbons (Fsp3) is 0.684. The molecule has 142 valence electrons. The molecule has 0 aromatic carbocycles. The van der Waals surface area contributed by atoms with Crippen molar-refractivity contribution in [3.05, 3.63) is 20.8 Å². The Balaban J connectivity index is 2.01. The summed E-state index contributed by atoms with van der Waals surface area (Å²) in [5, 5.41) is 8.89. The Morgan fingerprint density at radius 3 is 2.62 bits per heavy atom. The van der Waals surface area contributed by atoms with E-state index in [1.165, 1.54) is 4.88 Å². The molecule has 0 radical (unpaired) electrons. The number of carbonyl (C=O) groups is 1. The lowest BCUT2D eigenvalue weighted by Gasteiger charge is -2.33. The number of hydrogen-bond acceptors (Lipinski definition) is 6. The zero-order valence-corrected chi connectivity index (χ0v) is 17.1. The van der Waals surface area contributed by atoms with Gasteiger partial charge < -0.3 is 4.74 Å². The van der Waals surface area contributed by atoms with Gasteiger partial charge in [-0.25, -0.2) is 4.79 Å². The van der Waals surface area contributed by atoms with Gasteiger partial charge in [0.25, 0.3) is 5.56 Å². The van der Waals surface area contributed by atoms with E-state index in [1.807, 2.05) is 0 Å². The summed E-state index contributed by atoms with van der Waals surface area (Å²) in [5.74, 6) is 0.130. The molecule has 0 spiro atoms. The van der Waals surface area contributed by atoms with Gasteiger partial charge in [0.1, 0.15) is 0 Å². The first kappa shape index (κ1) is 19.0. The molecule has 2 aromatic rings. The van der Waals surface area contributed by atoms with Crippen molar-refractivity contribution in [3.63, 3.8) is 0 Å². The van der Waals surface area contributed by atoms with Crippen LogP contribution in [0.1, 0.15) is 64.4 Å². The molecule has 26 heavy (non-hydrogen) atoms. The molecule has 0 amide bonds. The summed E-state index contributed by atoms with van der Waals surface area (Å²) in [5.41, 5.74) is 1.10. The third kappa shape index (κ3) is 3.41. The molecule has 2 heterocycles. The van der Waals surface area contributed by atoms with Gasteiger partial charge in [-0.3, -0.25) is 4.79 Å². The minimum Gasteiger partial charge on any atom is -0.461 e. The predicted molar refractivity (Wildman–Crippen MR) is 103 cm³/mol. The molecule has 2 aromatic heterocycles. The highest BCUT2D eigenvalue weighted by molar-refractivity contribution is 7.18. The Kier molecular flexibility index (Phi) is 4.94. The second-order valence-electron chi connectivity index (χ2n) is 8.49. The Morgan fingerprint density at radius 2 is 2.00 bits per heavy atom. The average Bonchev–Trinajstić information content (AvgIpc) is 2.91. The van der Waals surface area contributed by atoms with Crippen molar-refractivity contribution in [2.75, 3.05) is 0 Å². The molecule has 0 N–H and O–H groups in total. The molecular formula is C19H27N3O3S. The van der Waals surface area contributed by atoms with Crippen LogP contribution in [0.3, 0.4) is 0 Å². The number of carbonyl (C=O) groups excluding carboxylic acids is 1. The van der Waals surface area contributed by atoms with Gasteiger partial charge in [-0.2, -0.15) is 4.68 Å². The van der Waals surface area contributed by atoms with Crippen molar-refractivity contribution < 1.29 is 9.53 Å². The van der Waals surface area contributed by atoms with Crippen molar-refractivity contribution in [2.24, 2.45) is 11.3 Å². The topological polar surface area (TPSA) is 74.1 Å². The van der Waals surface area contributed by atoms with E-state index in [4.69, 9.17) is 4.74 Å². The Bertz CT molecular complexity index is 892. The standard InChI is InChI=1S/C19H27N3O3S/c1-10(2)25-18(24)11(3)22-17(23)15-13-8-7-12(19(4,5)6)9-14(13)26-16(15)20-21-22/h10-12H,7-9H2,1-6H3/t11-,12+/m1/s1. The number of rotatable bonds is 3. The van der Waals surface area contributed by atoms with Gasteiger partial charge in [-0.05, 0) is 56.9 Å². The lowest BCUT2D eigenvalue weighted by atomic mass is 9.72. The smallest absolute Gasteiger partial charge is 0.331 e. The van der Waals surface area contributed by atoms with E-state index in [-0.39, 0.29) is 17.1 Å². The van der Waals surface area contributed by atoms with E-state index in [2.05, 4.69) is 31.1 Å². The summed E-state index contributed by atoms with van der Waals surface area (Å²) in [6, 6.07) is -0.789. The molecule has 3 rings (SSSR count). The number of aromatic nitrogens is 3. The molecule has 0 unspecified atom stereocenters. The number of fused-ring (bicyclic) bond motifs is 3.